The minimum Gasteiger partial charge on any atom is -0.485 e. The lowest BCUT2D eigenvalue weighted by Gasteiger charge is -2.46. The zero-order valence-electron chi connectivity index (χ0n) is 15.4. The summed E-state index contributed by atoms with van der Waals surface area (Å²) in [4.78, 5) is 5.77. The molecular weight excluding hydrogens is 340 g/mol. The molecule has 1 aliphatic heterocycles. The average molecular weight is 360 g/mol. The van der Waals surface area contributed by atoms with E-state index in [4.69, 9.17) is 4.74 Å². The first-order chi connectivity index (χ1) is 12.9. The molecule has 0 saturated heterocycles. The summed E-state index contributed by atoms with van der Waals surface area (Å²) in [5.41, 5.74) is 1.07. The molecule has 2 aromatic rings. The number of amidine groups is 1. The Bertz CT molecular complexity index is 954. The molecule has 1 aliphatic rings. The lowest BCUT2D eigenvalue weighted by molar-refractivity contribution is -0.0783. The molecule has 2 aromatic carbocycles. The maximum atomic E-state index is 11.1. The van der Waals surface area contributed by atoms with Crippen molar-refractivity contribution in [2.24, 2.45) is 4.99 Å². The quantitative estimate of drug-likeness (QED) is 0.505. The second-order valence-electron chi connectivity index (χ2n) is 6.97. The Morgan fingerprint density at radius 2 is 1.89 bits per heavy atom. The molecular formula is C21H20N4O2. The Balaban J connectivity index is 2.15. The van der Waals surface area contributed by atoms with Crippen molar-refractivity contribution < 1.29 is 9.84 Å². The van der Waals surface area contributed by atoms with E-state index in [2.05, 4.69) is 11.1 Å². The summed E-state index contributed by atoms with van der Waals surface area (Å²) in [6, 6.07) is 16.0. The van der Waals surface area contributed by atoms with Crippen molar-refractivity contribution in [1.29, 1.82) is 10.5 Å². The lowest BCUT2D eigenvalue weighted by Crippen LogP contribution is -2.54. The van der Waals surface area contributed by atoms with Crippen LogP contribution in [0.4, 0.5) is 0 Å². The number of aliphatic hydroxyl groups is 1. The number of nitrogens with zero attached hydrogens (tertiary/aromatic N) is 4. The number of hydrogen-bond donors (Lipinski definition) is 1. The Kier molecular flexibility index (Phi) is 4.85. The van der Waals surface area contributed by atoms with E-state index in [0.717, 1.165) is 5.56 Å². The van der Waals surface area contributed by atoms with Crippen LogP contribution in [0.15, 0.2) is 53.5 Å². The van der Waals surface area contributed by atoms with E-state index in [9.17, 15) is 15.6 Å². The second kappa shape index (κ2) is 7.11. The third kappa shape index (κ3) is 3.36. The van der Waals surface area contributed by atoms with Crippen LogP contribution in [0.1, 0.15) is 36.6 Å². The Morgan fingerprint density at radius 3 is 2.52 bits per heavy atom. The Morgan fingerprint density at radius 1 is 1.19 bits per heavy atom. The molecule has 0 amide bonds. The van der Waals surface area contributed by atoms with E-state index in [1.807, 2.05) is 50.4 Å². The fourth-order valence-electron chi connectivity index (χ4n) is 3.37. The van der Waals surface area contributed by atoms with Crippen LogP contribution < -0.4 is 4.74 Å². The highest BCUT2D eigenvalue weighted by Crippen LogP contribution is 2.43. The molecule has 0 fully saturated rings. The van der Waals surface area contributed by atoms with Crippen LogP contribution in [0.3, 0.4) is 0 Å². The van der Waals surface area contributed by atoms with E-state index >= 15 is 0 Å². The first-order valence-corrected chi connectivity index (χ1v) is 8.55. The normalized spacial score (nSPS) is 20.6. The maximum absolute atomic E-state index is 11.1. The van der Waals surface area contributed by atoms with Gasteiger partial charge < -0.3 is 14.7 Å². The molecule has 6 nitrogen and oxygen atoms in total. The first-order valence-electron chi connectivity index (χ1n) is 8.55. The molecule has 2 atom stereocenters. The van der Waals surface area contributed by atoms with E-state index in [-0.39, 0.29) is 0 Å². The van der Waals surface area contributed by atoms with Crippen LogP contribution in [-0.4, -0.2) is 34.6 Å². The van der Waals surface area contributed by atoms with Crippen LogP contribution >= 0.6 is 0 Å². The summed E-state index contributed by atoms with van der Waals surface area (Å²) < 4.78 is 5.97. The number of fused-ring (bicyclic) bond motifs is 1. The van der Waals surface area contributed by atoms with E-state index in [1.165, 1.54) is 0 Å². The van der Waals surface area contributed by atoms with Crippen LogP contribution in [0.2, 0.25) is 0 Å². The molecule has 6 heteroatoms. The zero-order chi connectivity index (χ0) is 19.6. The maximum Gasteiger partial charge on any atom is 0.207 e. The standard InChI is InChI=1S/C21H20N4O2/c1-21(2)19(26)18(16-11-14(12-22)9-10-17(16)27-21)25(3)20(24-13-23)15-7-5-4-6-8-15/h4-11,18-19,26H,1-3H3/t18-,19+/m0/s1. The van der Waals surface area contributed by atoms with Gasteiger partial charge in [0.25, 0.3) is 0 Å². The van der Waals surface area contributed by atoms with Gasteiger partial charge in [0.1, 0.15) is 23.3 Å². The van der Waals surface area contributed by atoms with Gasteiger partial charge in [-0.1, -0.05) is 30.3 Å². The van der Waals surface area contributed by atoms with Crippen LogP contribution in [0, 0.1) is 22.8 Å². The molecule has 0 spiro atoms. The van der Waals surface area contributed by atoms with Gasteiger partial charge in [-0.15, -0.1) is 0 Å². The molecule has 0 aliphatic carbocycles. The summed E-state index contributed by atoms with van der Waals surface area (Å²) in [5, 5.41) is 29.5. The molecule has 27 heavy (non-hydrogen) atoms. The number of aliphatic imine (C=N–C) groups is 1. The Labute approximate surface area is 158 Å². The smallest absolute Gasteiger partial charge is 0.207 e. The van der Waals surface area contributed by atoms with Gasteiger partial charge in [-0.2, -0.15) is 15.5 Å². The number of rotatable bonds is 2. The fraction of sp³-hybridized carbons (Fsp3) is 0.286. The Hall–Kier alpha value is -3.35. The largest absolute Gasteiger partial charge is 0.485 e. The van der Waals surface area contributed by atoms with Crippen molar-refractivity contribution in [3.05, 3.63) is 65.2 Å². The van der Waals surface area contributed by atoms with Gasteiger partial charge in [0.15, 0.2) is 0 Å². The molecule has 0 aromatic heterocycles. The van der Waals surface area contributed by atoms with Gasteiger partial charge in [0.2, 0.25) is 6.19 Å². The zero-order valence-corrected chi connectivity index (χ0v) is 15.4. The number of likely N-dealkylation sites (N-methyl/N-ethyl adjacent to an activating group) is 1. The lowest BCUT2D eigenvalue weighted by atomic mass is 9.85. The van der Waals surface area contributed by atoms with Gasteiger partial charge in [0.05, 0.1) is 17.7 Å². The molecule has 3 rings (SSSR count). The van der Waals surface area contributed by atoms with Gasteiger partial charge in [-0.05, 0) is 32.0 Å². The summed E-state index contributed by atoms with van der Waals surface area (Å²) in [6.07, 6.45) is 0.943. The summed E-state index contributed by atoms with van der Waals surface area (Å²) in [6.45, 7) is 3.62. The fourth-order valence-corrected chi connectivity index (χ4v) is 3.37. The van der Waals surface area contributed by atoms with Crippen LogP contribution in [-0.2, 0) is 0 Å². The summed E-state index contributed by atoms with van der Waals surface area (Å²) >= 11 is 0. The molecule has 0 saturated carbocycles. The number of ether oxygens (including phenoxy) is 1. The molecule has 136 valence electrons. The number of aliphatic hydroxyl groups excluding tert-OH is 1. The average Bonchev–Trinajstić information content (AvgIpc) is 2.67. The predicted octanol–water partition coefficient (Wildman–Crippen LogP) is 2.99. The van der Waals surface area contributed by atoms with E-state index < -0.39 is 17.7 Å². The van der Waals surface area contributed by atoms with Crippen molar-refractivity contribution in [1.82, 2.24) is 4.90 Å². The molecule has 0 unspecified atom stereocenters. The van der Waals surface area contributed by atoms with Gasteiger partial charge in [-0.3, -0.25) is 0 Å². The van der Waals surface area contributed by atoms with Gasteiger partial charge >= 0.3 is 0 Å². The van der Waals surface area contributed by atoms with Crippen LogP contribution in [0.5, 0.6) is 5.75 Å². The molecule has 0 bridgehead atoms. The number of benzene rings is 2. The highest BCUT2D eigenvalue weighted by Gasteiger charge is 2.45. The van der Waals surface area contributed by atoms with Gasteiger partial charge in [-0.25, -0.2) is 0 Å². The van der Waals surface area contributed by atoms with Crippen molar-refractivity contribution in [2.75, 3.05) is 7.05 Å². The third-order valence-corrected chi connectivity index (χ3v) is 4.78. The highest BCUT2D eigenvalue weighted by atomic mass is 16.5. The number of nitriles is 2. The van der Waals surface area contributed by atoms with Crippen molar-refractivity contribution in [2.45, 2.75) is 31.6 Å². The number of hydrogen-bond acceptors (Lipinski definition) is 5. The van der Waals surface area contributed by atoms with E-state index in [1.54, 1.807) is 30.1 Å². The first kappa shape index (κ1) is 18.4. The minimum atomic E-state index is -0.906. The monoisotopic (exact) mass is 360 g/mol. The topological polar surface area (TPSA) is 92.6 Å². The van der Waals surface area contributed by atoms with E-state index in [0.29, 0.717) is 22.7 Å². The molecule has 1 N–H and O–H groups in total. The van der Waals surface area contributed by atoms with Crippen molar-refractivity contribution in [3.8, 4) is 18.0 Å². The van der Waals surface area contributed by atoms with Crippen molar-refractivity contribution in [3.63, 3.8) is 0 Å². The van der Waals surface area contributed by atoms with Crippen molar-refractivity contribution >= 4 is 5.84 Å². The van der Waals surface area contributed by atoms with Crippen LogP contribution in [0.25, 0.3) is 0 Å². The summed E-state index contributed by atoms with van der Waals surface area (Å²) in [5.74, 6) is 1.04. The highest BCUT2D eigenvalue weighted by molar-refractivity contribution is 5.99. The molecule has 1 heterocycles. The second-order valence-corrected chi connectivity index (χ2v) is 6.97. The minimum absolute atomic E-state index is 0.438. The third-order valence-electron chi connectivity index (χ3n) is 4.78. The molecule has 0 radical (unpaired) electrons. The SMILES string of the molecule is CN(C(=NC#N)c1ccccc1)[C@H]1c2cc(C#N)ccc2OC(C)(C)[C@@H]1O. The predicted molar refractivity (Wildman–Crippen MR) is 101 cm³/mol. The summed E-state index contributed by atoms with van der Waals surface area (Å²) in [7, 11) is 1.78. The van der Waals surface area contributed by atoms with Gasteiger partial charge in [0, 0.05) is 18.2 Å².